The average Bonchev–Trinajstić information content (AvgIpc) is 3.16. The first-order chi connectivity index (χ1) is 10.7. The highest BCUT2D eigenvalue weighted by Crippen LogP contribution is 2.21. The Bertz CT molecular complexity index is 512. The van der Waals surface area contributed by atoms with E-state index < -0.39 is 0 Å². The molecule has 1 aromatic heterocycles. The van der Waals surface area contributed by atoms with E-state index in [-0.39, 0.29) is 18.1 Å². The number of carbonyl (C=O) groups is 1. The molecule has 2 saturated heterocycles. The zero-order valence-corrected chi connectivity index (χ0v) is 12.9. The molecule has 2 fully saturated rings. The quantitative estimate of drug-likeness (QED) is 0.803. The molecule has 2 atom stereocenters. The Balaban J connectivity index is 1.46. The van der Waals surface area contributed by atoms with Gasteiger partial charge >= 0.3 is 0 Å². The largest absolute Gasteiger partial charge is 0.364 e. The molecule has 0 aromatic carbocycles. The Morgan fingerprint density at radius 2 is 2.09 bits per heavy atom. The third-order valence-corrected chi connectivity index (χ3v) is 4.26. The maximum Gasteiger partial charge on any atom is 0.251 e. The van der Waals surface area contributed by atoms with Crippen molar-refractivity contribution in [2.24, 2.45) is 5.73 Å². The van der Waals surface area contributed by atoms with Gasteiger partial charge in [0.25, 0.3) is 5.91 Å². The van der Waals surface area contributed by atoms with Gasteiger partial charge < -0.3 is 19.9 Å². The second-order valence-electron chi connectivity index (χ2n) is 5.89. The van der Waals surface area contributed by atoms with Gasteiger partial charge in [-0.3, -0.25) is 9.69 Å². The van der Waals surface area contributed by atoms with Crippen LogP contribution in [0.3, 0.4) is 0 Å². The van der Waals surface area contributed by atoms with Crippen LogP contribution in [0.25, 0.3) is 0 Å². The molecule has 2 aliphatic heterocycles. The van der Waals surface area contributed by atoms with Crippen LogP contribution in [0.1, 0.15) is 24.6 Å². The highest BCUT2D eigenvalue weighted by molar-refractivity contribution is 5.81. The predicted octanol–water partition coefficient (Wildman–Crippen LogP) is -0.471. The fraction of sp³-hybridized carbons (Fsp3) is 0.786. The summed E-state index contributed by atoms with van der Waals surface area (Å²) in [5.74, 6) is 1.38. The van der Waals surface area contributed by atoms with Gasteiger partial charge in [0.1, 0.15) is 6.10 Å². The second-order valence-corrected chi connectivity index (χ2v) is 5.89. The van der Waals surface area contributed by atoms with E-state index >= 15 is 0 Å². The molecule has 22 heavy (non-hydrogen) atoms. The number of nitrogens with two attached hydrogens (primary N) is 1. The number of aromatic nitrogens is 2. The summed E-state index contributed by atoms with van der Waals surface area (Å²) in [6, 6.07) is 0. The lowest BCUT2D eigenvalue weighted by Gasteiger charge is -2.35. The number of aryl methyl sites for hydroxylation is 1. The first-order valence-corrected chi connectivity index (χ1v) is 7.81. The Hall–Kier alpha value is -1.51. The summed E-state index contributed by atoms with van der Waals surface area (Å²) in [6.45, 7) is 5.98. The summed E-state index contributed by atoms with van der Waals surface area (Å²) in [5.41, 5.74) is 5.59. The van der Waals surface area contributed by atoms with Gasteiger partial charge in [-0.15, -0.1) is 0 Å². The summed E-state index contributed by atoms with van der Waals surface area (Å²) in [7, 11) is 0. The highest BCUT2D eigenvalue weighted by Gasteiger charge is 2.34. The molecule has 0 bridgehead atoms. The van der Waals surface area contributed by atoms with Crippen LogP contribution in [0.2, 0.25) is 0 Å². The van der Waals surface area contributed by atoms with Crippen LogP contribution in [0.15, 0.2) is 4.52 Å². The zero-order valence-electron chi connectivity index (χ0n) is 12.9. The van der Waals surface area contributed by atoms with Gasteiger partial charge in [-0.05, 0) is 12.8 Å². The fourth-order valence-electron chi connectivity index (χ4n) is 3.00. The average molecular weight is 309 g/mol. The molecule has 0 radical (unpaired) electrons. The molecule has 2 aliphatic rings. The highest BCUT2D eigenvalue weighted by atomic mass is 16.5. The molecule has 1 aromatic rings. The lowest BCUT2D eigenvalue weighted by molar-refractivity contribution is -0.144. The van der Waals surface area contributed by atoms with Gasteiger partial charge in [-0.25, -0.2) is 0 Å². The lowest BCUT2D eigenvalue weighted by atomic mass is 10.1. The molecular formula is C14H23N5O3. The van der Waals surface area contributed by atoms with E-state index in [0.717, 1.165) is 25.9 Å². The molecule has 8 nitrogen and oxygen atoms in total. The third-order valence-electron chi connectivity index (χ3n) is 4.26. The Kier molecular flexibility index (Phi) is 4.70. The van der Waals surface area contributed by atoms with Crippen molar-refractivity contribution in [2.45, 2.75) is 38.5 Å². The summed E-state index contributed by atoms with van der Waals surface area (Å²) in [6.07, 6.45) is 1.39. The first kappa shape index (κ1) is 15.4. The van der Waals surface area contributed by atoms with Gasteiger partial charge in [-0.2, -0.15) is 4.98 Å². The van der Waals surface area contributed by atoms with Crippen LogP contribution in [0.5, 0.6) is 0 Å². The Labute approximate surface area is 129 Å². The van der Waals surface area contributed by atoms with E-state index in [2.05, 4.69) is 15.0 Å². The van der Waals surface area contributed by atoms with Crippen LogP contribution >= 0.6 is 0 Å². The molecule has 3 heterocycles. The van der Waals surface area contributed by atoms with Crippen LogP contribution in [-0.4, -0.2) is 70.8 Å². The number of piperazine rings is 1. The molecule has 8 heteroatoms. The normalized spacial score (nSPS) is 26.5. The van der Waals surface area contributed by atoms with Crippen LogP contribution < -0.4 is 5.73 Å². The molecule has 0 saturated carbocycles. The SMILES string of the molecule is Cc1nc(CN2CCN(C(=O)[C@@H]3CC[C@H](CN)O3)CC2)no1. The molecule has 0 unspecified atom stereocenters. The second kappa shape index (κ2) is 6.72. The van der Waals surface area contributed by atoms with Crippen LogP contribution in [-0.2, 0) is 16.1 Å². The number of amides is 1. The van der Waals surface area contributed by atoms with Gasteiger partial charge in [0.15, 0.2) is 5.82 Å². The number of ether oxygens (including phenoxy) is 1. The first-order valence-electron chi connectivity index (χ1n) is 7.81. The standard InChI is InChI=1S/C14H23N5O3/c1-10-16-13(17-22-10)9-18-4-6-19(7-5-18)14(20)12-3-2-11(8-15)21-12/h11-12H,2-9,15H2,1H3/t11-,12+/m1/s1. The van der Waals surface area contributed by atoms with Crippen LogP contribution in [0.4, 0.5) is 0 Å². The van der Waals surface area contributed by atoms with Crippen molar-refractivity contribution in [1.29, 1.82) is 0 Å². The number of hydrogen-bond acceptors (Lipinski definition) is 7. The minimum Gasteiger partial charge on any atom is -0.364 e. The lowest BCUT2D eigenvalue weighted by Crippen LogP contribution is -2.51. The van der Waals surface area contributed by atoms with E-state index in [1.54, 1.807) is 6.92 Å². The molecule has 122 valence electrons. The molecular weight excluding hydrogens is 286 g/mol. The number of hydrogen-bond donors (Lipinski definition) is 1. The van der Waals surface area contributed by atoms with E-state index in [9.17, 15) is 4.79 Å². The number of carbonyl (C=O) groups excluding carboxylic acids is 1. The predicted molar refractivity (Wildman–Crippen MR) is 77.8 cm³/mol. The van der Waals surface area contributed by atoms with Crippen molar-refractivity contribution >= 4 is 5.91 Å². The number of nitrogens with zero attached hydrogens (tertiary/aromatic N) is 4. The van der Waals surface area contributed by atoms with E-state index in [1.165, 1.54) is 0 Å². The summed E-state index contributed by atoms with van der Waals surface area (Å²) in [5, 5.41) is 3.90. The smallest absolute Gasteiger partial charge is 0.251 e. The van der Waals surface area contributed by atoms with E-state index in [1.807, 2.05) is 4.90 Å². The van der Waals surface area contributed by atoms with Gasteiger partial charge in [0.05, 0.1) is 12.6 Å². The molecule has 2 N–H and O–H groups in total. The van der Waals surface area contributed by atoms with Crippen molar-refractivity contribution in [1.82, 2.24) is 19.9 Å². The fourth-order valence-corrected chi connectivity index (χ4v) is 3.00. The van der Waals surface area contributed by atoms with Crippen molar-refractivity contribution in [3.8, 4) is 0 Å². The molecule has 3 rings (SSSR count). The topological polar surface area (TPSA) is 97.7 Å². The Morgan fingerprint density at radius 1 is 1.32 bits per heavy atom. The van der Waals surface area contributed by atoms with Crippen molar-refractivity contribution in [3.05, 3.63) is 11.7 Å². The zero-order chi connectivity index (χ0) is 15.5. The van der Waals surface area contributed by atoms with E-state index in [0.29, 0.717) is 37.9 Å². The van der Waals surface area contributed by atoms with Crippen molar-refractivity contribution < 1.29 is 14.1 Å². The minimum absolute atomic E-state index is 0.0386. The number of rotatable bonds is 4. The molecule has 0 spiro atoms. The van der Waals surface area contributed by atoms with Crippen molar-refractivity contribution in [2.75, 3.05) is 32.7 Å². The maximum atomic E-state index is 12.4. The monoisotopic (exact) mass is 309 g/mol. The van der Waals surface area contributed by atoms with Gasteiger partial charge in [0, 0.05) is 39.6 Å². The maximum absolute atomic E-state index is 12.4. The van der Waals surface area contributed by atoms with Crippen molar-refractivity contribution in [3.63, 3.8) is 0 Å². The van der Waals surface area contributed by atoms with E-state index in [4.69, 9.17) is 15.0 Å². The summed E-state index contributed by atoms with van der Waals surface area (Å²) >= 11 is 0. The van der Waals surface area contributed by atoms with Gasteiger partial charge in [-0.1, -0.05) is 5.16 Å². The molecule has 0 aliphatic carbocycles. The summed E-state index contributed by atoms with van der Waals surface area (Å²) in [4.78, 5) is 20.8. The Morgan fingerprint density at radius 3 is 2.68 bits per heavy atom. The summed E-state index contributed by atoms with van der Waals surface area (Å²) < 4.78 is 10.7. The van der Waals surface area contributed by atoms with Gasteiger partial charge in [0.2, 0.25) is 5.89 Å². The third kappa shape index (κ3) is 3.45. The minimum atomic E-state index is -0.306. The van der Waals surface area contributed by atoms with Crippen LogP contribution in [0, 0.1) is 6.92 Å². The molecule has 1 amide bonds.